The number of amides is 3. The minimum absolute atomic E-state index is 0.191. The van der Waals surface area contributed by atoms with E-state index in [0.717, 1.165) is 11.1 Å². The number of carbonyl (C=O) groups is 3. The molecule has 0 aliphatic carbocycles. The van der Waals surface area contributed by atoms with Gasteiger partial charge in [0.05, 0.1) is 13.2 Å². The normalized spacial score (nSPS) is 11.0. The highest BCUT2D eigenvalue weighted by Crippen LogP contribution is 2.06. The van der Waals surface area contributed by atoms with Gasteiger partial charge in [0.25, 0.3) is 0 Å². The van der Waals surface area contributed by atoms with Crippen molar-refractivity contribution < 1.29 is 33.3 Å². The van der Waals surface area contributed by atoms with Crippen LogP contribution in [-0.2, 0) is 32.2 Å². The third-order valence-electron chi connectivity index (χ3n) is 5.29. The van der Waals surface area contributed by atoms with E-state index in [2.05, 4.69) is 16.0 Å². The van der Waals surface area contributed by atoms with Crippen LogP contribution in [-0.4, -0.2) is 81.3 Å². The van der Waals surface area contributed by atoms with Crippen molar-refractivity contribution in [3.63, 3.8) is 0 Å². The Morgan fingerprint density at radius 1 is 0.650 bits per heavy atom. The van der Waals surface area contributed by atoms with Crippen molar-refractivity contribution in [3.8, 4) is 0 Å². The maximum absolute atomic E-state index is 12.1. The van der Waals surface area contributed by atoms with Crippen molar-refractivity contribution in [2.45, 2.75) is 39.6 Å². The molecule has 0 heterocycles. The molecule has 0 radical (unpaired) electrons. The molecule has 3 amide bonds. The standard InChI is InChI=1S/C29H42N4O7/c1-29(2,3)40-28(36)32-16-20-37-21-19-33(17-14-30-26(34)38-22-24-10-6-4-7-11-24)18-15-31-27(35)39-23-25-12-8-5-9-13-25/h4-13H,14-23H2,1-3H3,(H,30,34)(H,31,35)(H,32,36). The smallest absolute Gasteiger partial charge is 0.407 e. The van der Waals surface area contributed by atoms with Crippen LogP contribution in [0.3, 0.4) is 0 Å². The second-order valence-electron chi connectivity index (χ2n) is 9.86. The van der Waals surface area contributed by atoms with Crippen LogP contribution in [0.2, 0.25) is 0 Å². The van der Waals surface area contributed by atoms with Crippen molar-refractivity contribution in [2.24, 2.45) is 0 Å². The number of hydrogen-bond acceptors (Lipinski definition) is 8. The van der Waals surface area contributed by atoms with Crippen LogP contribution in [0, 0.1) is 0 Å². The van der Waals surface area contributed by atoms with Crippen LogP contribution in [0.25, 0.3) is 0 Å². The zero-order valence-electron chi connectivity index (χ0n) is 23.6. The molecular weight excluding hydrogens is 516 g/mol. The summed E-state index contributed by atoms with van der Waals surface area (Å²) in [5.41, 5.74) is 1.25. The number of nitrogens with zero attached hydrogens (tertiary/aromatic N) is 1. The molecule has 0 aliphatic rings. The second-order valence-corrected chi connectivity index (χ2v) is 9.86. The van der Waals surface area contributed by atoms with Gasteiger partial charge in [-0.1, -0.05) is 60.7 Å². The van der Waals surface area contributed by atoms with Gasteiger partial charge in [-0.05, 0) is 31.9 Å². The largest absolute Gasteiger partial charge is 0.445 e. The van der Waals surface area contributed by atoms with E-state index < -0.39 is 23.9 Å². The van der Waals surface area contributed by atoms with Gasteiger partial charge in [-0.3, -0.25) is 4.90 Å². The molecule has 0 unspecified atom stereocenters. The highest BCUT2D eigenvalue weighted by molar-refractivity contribution is 5.68. The lowest BCUT2D eigenvalue weighted by Crippen LogP contribution is -2.41. The van der Waals surface area contributed by atoms with E-state index in [9.17, 15) is 14.4 Å². The number of nitrogens with one attached hydrogen (secondary N) is 3. The summed E-state index contributed by atoms with van der Waals surface area (Å²) in [4.78, 5) is 37.9. The van der Waals surface area contributed by atoms with Gasteiger partial charge in [-0.25, -0.2) is 14.4 Å². The van der Waals surface area contributed by atoms with Gasteiger partial charge in [0.15, 0.2) is 0 Å². The summed E-state index contributed by atoms with van der Waals surface area (Å²) in [7, 11) is 0. The fourth-order valence-electron chi connectivity index (χ4n) is 3.35. The molecule has 0 saturated carbocycles. The Kier molecular flexibility index (Phi) is 14.9. The molecule has 0 aliphatic heterocycles. The van der Waals surface area contributed by atoms with Gasteiger partial charge in [-0.2, -0.15) is 0 Å². The maximum Gasteiger partial charge on any atom is 0.407 e. The Labute approximate surface area is 236 Å². The molecule has 0 atom stereocenters. The Morgan fingerprint density at radius 2 is 1.12 bits per heavy atom. The summed E-state index contributed by atoms with van der Waals surface area (Å²) in [6.45, 7) is 9.10. The minimum Gasteiger partial charge on any atom is -0.445 e. The quantitative estimate of drug-likeness (QED) is 0.210. The van der Waals surface area contributed by atoms with Crippen LogP contribution < -0.4 is 16.0 Å². The molecule has 0 spiro atoms. The number of alkyl carbamates (subject to hydrolysis) is 3. The monoisotopic (exact) mass is 558 g/mol. The molecule has 40 heavy (non-hydrogen) atoms. The molecule has 2 rings (SSSR count). The van der Waals surface area contributed by atoms with Gasteiger partial charge in [0.2, 0.25) is 0 Å². The van der Waals surface area contributed by atoms with E-state index in [-0.39, 0.29) is 13.2 Å². The molecule has 3 N–H and O–H groups in total. The third kappa shape index (κ3) is 16.2. The summed E-state index contributed by atoms with van der Waals surface area (Å²) >= 11 is 0. The third-order valence-corrected chi connectivity index (χ3v) is 5.29. The van der Waals surface area contributed by atoms with Crippen LogP contribution in [0.15, 0.2) is 60.7 Å². The van der Waals surface area contributed by atoms with E-state index in [1.807, 2.05) is 65.6 Å². The fourth-order valence-corrected chi connectivity index (χ4v) is 3.35. The SMILES string of the molecule is CC(C)(C)OC(=O)NCCOCCN(CCNC(=O)OCc1ccccc1)CCNC(=O)OCc1ccccc1. The highest BCUT2D eigenvalue weighted by atomic mass is 16.6. The van der Waals surface area contributed by atoms with Crippen molar-refractivity contribution in [1.29, 1.82) is 0 Å². The second kappa shape index (κ2) is 18.5. The molecule has 220 valence electrons. The van der Waals surface area contributed by atoms with E-state index in [1.165, 1.54) is 0 Å². The zero-order chi connectivity index (χ0) is 29.1. The molecule has 0 aromatic heterocycles. The summed E-state index contributed by atoms with van der Waals surface area (Å²) in [5.74, 6) is 0. The van der Waals surface area contributed by atoms with E-state index in [4.69, 9.17) is 18.9 Å². The molecule has 11 heteroatoms. The molecule has 0 fully saturated rings. The van der Waals surface area contributed by atoms with Crippen LogP contribution in [0.1, 0.15) is 31.9 Å². The van der Waals surface area contributed by atoms with Gasteiger partial charge in [-0.15, -0.1) is 0 Å². The lowest BCUT2D eigenvalue weighted by Gasteiger charge is -2.23. The van der Waals surface area contributed by atoms with E-state index >= 15 is 0 Å². The number of carbonyl (C=O) groups excluding carboxylic acids is 3. The van der Waals surface area contributed by atoms with E-state index in [0.29, 0.717) is 52.5 Å². The molecule has 2 aromatic rings. The fraction of sp³-hybridized carbons (Fsp3) is 0.483. The average molecular weight is 559 g/mol. The first kappa shape index (κ1) is 32.4. The van der Waals surface area contributed by atoms with Gasteiger partial charge >= 0.3 is 18.3 Å². The van der Waals surface area contributed by atoms with Gasteiger partial charge in [0, 0.05) is 39.3 Å². The molecule has 11 nitrogen and oxygen atoms in total. The zero-order valence-corrected chi connectivity index (χ0v) is 23.6. The van der Waals surface area contributed by atoms with Crippen molar-refractivity contribution in [3.05, 3.63) is 71.8 Å². The summed E-state index contributed by atoms with van der Waals surface area (Å²) in [5, 5.41) is 8.14. The topological polar surface area (TPSA) is 127 Å². The molecule has 0 saturated heterocycles. The summed E-state index contributed by atoms with van der Waals surface area (Å²) < 4.78 is 21.3. The Bertz CT molecular complexity index is 939. The molecular formula is C29H42N4O7. The van der Waals surface area contributed by atoms with Crippen molar-refractivity contribution in [2.75, 3.05) is 52.5 Å². The first-order valence-electron chi connectivity index (χ1n) is 13.4. The summed E-state index contributed by atoms with van der Waals surface area (Å²) in [6, 6.07) is 18.9. The van der Waals surface area contributed by atoms with Crippen molar-refractivity contribution in [1.82, 2.24) is 20.9 Å². The number of ether oxygens (including phenoxy) is 4. The van der Waals surface area contributed by atoms with Crippen LogP contribution in [0.4, 0.5) is 14.4 Å². The molecule has 0 bridgehead atoms. The first-order valence-corrected chi connectivity index (χ1v) is 13.4. The minimum atomic E-state index is -0.560. The van der Waals surface area contributed by atoms with Crippen molar-refractivity contribution >= 4 is 18.3 Å². The Morgan fingerprint density at radius 3 is 1.60 bits per heavy atom. The predicted molar refractivity (Wildman–Crippen MR) is 151 cm³/mol. The summed E-state index contributed by atoms with van der Waals surface area (Å²) in [6.07, 6.45) is -1.50. The average Bonchev–Trinajstić information content (AvgIpc) is 2.92. The van der Waals surface area contributed by atoms with Crippen LogP contribution >= 0.6 is 0 Å². The predicted octanol–water partition coefficient (Wildman–Crippen LogP) is 3.68. The number of rotatable bonds is 16. The highest BCUT2D eigenvalue weighted by Gasteiger charge is 2.15. The van der Waals surface area contributed by atoms with Crippen LogP contribution in [0.5, 0.6) is 0 Å². The maximum atomic E-state index is 12.1. The Hall–Kier alpha value is -3.83. The first-order chi connectivity index (χ1) is 19.2. The Balaban J connectivity index is 1.69. The number of benzene rings is 2. The van der Waals surface area contributed by atoms with Gasteiger partial charge < -0.3 is 34.9 Å². The van der Waals surface area contributed by atoms with Gasteiger partial charge in [0.1, 0.15) is 18.8 Å². The number of hydrogen-bond donors (Lipinski definition) is 3. The van der Waals surface area contributed by atoms with E-state index in [1.54, 1.807) is 20.8 Å². The molecule has 2 aromatic carbocycles. The lowest BCUT2D eigenvalue weighted by atomic mass is 10.2. The lowest BCUT2D eigenvalue weighted by molar-refractivity contribution is 0.0490.